The first kappa shape index (κ1) is 60.6. The van der Waals surface area contributed by atoms with E-state index in [1.807, 2.05) is 26.8 Å². The van der Waals surface area contributed by atoms with Crippen molar-refractivity contribution in [2.75, 3.05) is 69.3 Å². The number of nitrogens with zero attached hydrogens (tertiary/aromatic N) is 4. The first-order valence-corrected chi connectivity index (χ1v) is 25.5. The van der Waals surface area contributed by atoms with E-state index in [0.717, 1.165) is 0 Å². The van der Waals surface area contributed by atoms with Crippen molar-refractivity contribution >= 4 is 70.4 Å². The first-order chi connectivity index (χ1) is 38.5. The summed E-state index contributed by atoms with van der Waals surface area (Å²) >= 11 is 0. The normalized spacial score (nSPS) is 12.0. The minimum Gasteiger partial charge on any atom is -0.493 e. The molecule has 0 fully saturated rings. The van der Waals surface area contributed by atoms with Crippen LogP contribution >= 0.6 is 0 Å². The molecule has 0 saturated heterocycles. The Morgan fingerprint density at radius 1 is 0.593 bits per heavy atom. The van der Waals surface area contributed by atoms with Gasteiger partial charge in [0.1, 0.15) is 11.2 Å². The number of fused-ring (bicyclic) bond motifs is 6. The number of hydrogen-bond acceptors (Lipinski definition) is 19. The second-order valence-corrected chi connectivity index (χ2v) is 20.0. The van der Waals surface area contributed by atoms with E-state index in [1.54, 1.807) is 116 Å². The van der Waals surface area contributed by atoms with Gasteiger partial charge in [-0.2, -0.15) is 0 Å². The number of nitrogens with two attached hydrogens (primary N) is 1. The van der Waals surface area contributed by atoms with E-state index >= 15 is 0 Å². The summed E-state index contributed by atoms with van der Waals surface area (Å²) in [5, 5.41) is 26.3. The molecule has 0 aliphatic carbocycles. The van der Waals surface area contributed by atoms with Crippen LogP contribution in [0.25, 0.3) is 22.5 Å². The number of methoxy groups -OCH3 is 4. The fourth-order valence-electron chi connectivity index (χ4n) is 7.88. The standard InChI is InChI=1S/C29H33N5O6.C21H18N4O5.C7H16N2O2/c1-29(2,3)40-28(37)30-12-6-7-22(35)17-8-10-20-21(13-17)33-25(36)14-18-16-31-27(34-26(18)20)32-19-9-11-23(38-4)24(15-19)39-5;1-29-16-6-4-13(9-17(16)30-2)23-21-22-10-12-8-18(26)24-15-7-11(20(27)28)3-5-14(15)19(12)25-21;1-7(2,3)11-6(10)9-5-4-8/h8-11,13,15-16H,6-7,12,14H2,1-5H3,(H,30,37)(H,33,36)(H,31,32,34);3-7,9-10H,8H2,1-2H3,(H,24,26)(H,27,28)(H,22,23,25);4-5,8H2,1-3H3,(H,9,10). The zero-order valence-electron chi connectivity index (χ0n) is 46.7. The van der Waals surface area contributed by atoms with Crippen molar-refractivity contribution < 1.29 is 62.3 Å². The van der Waals surface area contributed by atoms with Gasteiger partial charge in [0.2, 0.25) is 23.7 Å². The molecule has 9 N–H and O–H groups in total. The number of carbonyl (C=O) groups is 6. The van der Waals surface area contributed by atoms with E-state index < -0.39 is 29.4 Å². The van der Waals surface area contributed by atoms with Crippen LogP contribution in [0.4, 0.5) is 44.2 Å². The highest BCUT2D eigenvalue weighted by Gasteiger charge is 2.25. The summed E-state index contributed by atoms with van der Waals surface area (Å²) in [6, 6.07) is 20.4. The Kier molecular flexibility index (Phi) is 20.5. The van der Waals surface area contributed by atoms with Crippen LogP contribution in [0.1, 0.15) is 86.2 Å². The number of amides is 4. The number of nitrogens with one attached hydrogen (secondary N) is 6. The second kappa shape index (κ2) is 27.3. The number of carbonyl (C=O) groups excluding carboxylic acids is 5. The molecule has 0 bridgehead atoms. The number of hydrogen-bond donors (Lipinski definition) is 8. The number of ether oxygens (including phenoxy) is 6. The van der Waals surface area contributed by atoms with Gasteiger partial charge in [-0.3, -0.25) is 14.4 Å². The molecule has 4 amide bonds. The van der Waals surface area contributed by atoms with Crippen molar-refractivity contribution in [3.8, 4) is 45.5 Å². The largest absolute Gasteiger partial charge is 0.493 e. The highest BCUT2D eigenvalue weighted by Crippen LogP contribution is 2.37. The third kappa shape index (κ3) is 17.5. The van der Waals surface area contributed by atoms with Gasteiger partial charge in [0.05, 0.1) is 69.6 Å². The Balaban J connectivity index is 0.000000226. The number of carboxylic acid groups (broad SMARTS) is 1. The molecule has 24 nitrogen and oxygen atoms in total. The fraction of sp³-hybridized carbons (Fsp3) is 0.333. The van der Waals surface area contributed by atoms with Crippen molar-refractivity contribution in [1.82, 2.24) is 30.6 Å². The number of aromatic nitrogens is 4. The van der Waals surface area contributed by atoms with Gasteiger partial charge in [0.25, 0.3) is 0 Å². The Hall–Kier alpha value is -9.58. The maximum atomic E-state index is 12.9. The molecule has 0 radical (unpaired) electrons. The fourth-order valence-corrected chi connectivity index (χ4v) is 7.88. The van der Waals surface area contributed by atoms with Gasteiger partial charge < -0.3 is 71.2 Å². The molecule has 6 aromatic rings. The average molecular weight is 1110 g/mol. The summed E-state index contributed by atoms with van der Waals surface area (Å²) in [5.41, 5.74) is 10.7. The maximum Gasteiger partial charge on any atom is 0.407 e. The quantitative estimate of drug-likeness (QED) is 0.0333. The average Bonchev–Trinajstić information content (AvgIpc) is 3.86. The zero-order valence-corrected chi connectivity index (χ0v) is 46.7. The SMILES string of the molecule is CC(C)(C)OC(=O)NCCN.COc1ccc(Nc2ncc3c(n2)-c2ccc(C(=O)CCCNC(=O)OC(C)(C)C)cc2NC(=O)C3)cc1OC.COc1ccc(Nc2ncc3c(n2)-c2ccc(C(=O)O)cc2NC(=O)C3)cc1OC. The van der Waals surface area contributed by atoms with Crippen LogP contribution in [0, 0.1) is 0 Å². The Morgan fingerprint density at radius 2 is 1.02 bits per heavy atom. The van der Waals surface area contributed by atoms with Crippen LogP contribution in [0.15, 0.2) is 85.2 Å². The highest BCUT2D eigenvalue weighted by molar-refractivity contribution is 6.04. The lowest BCUT2D eigenvalue weighted by Gasteiger charge is -2.19. The van der Waals surface area contributed by atoms with Gasteiger partial charge >= 0.3 is 18.2 Å². The second-order valence-electron chi connectivity index (χ2n) is 20.0. The van der Waals surface area contributed by atoms with Gasteiger partial charge in [0.15, 0.2) is 28.8 Å². The molecule has 24 heteroatoms. The van der Waals surface area contributed by atoms with Gasteiger partial charge in [0, 0.05) is 89.8 Å². The molecule has 4 aromatic carbocycles. The van der Waals surface area contributed by atoms with Crippen molar-refractivity contribution in [2.45, 2.75) is 78.4 Å². The van der Waals surface area contributed by atoms with Gasteiger partial charge in [-0.1, -0.05) is 6.07 Å². The summed E-state index contributed by atoms with van der Waals surface area (Å²) in [7, 11) is 6.23. The van der Waals surface area contributed by atoms with Crippen molar-refractivity contribution in [1.29, 1.82) is 0 Å². The number of carboxylic acids is 1. The molecular formula is C57H67N11O13. The summed E-state index contributed by atoms with van der Waals surface area (Å²) in [6.45, 7) is 12.0. The van der Waals surface area contributed by atoms with E-state index in [4.69, 9.17) is 39.1 Å². The van der Waals surface area contributed by atoms with Gasteiger partial charge in [-0.15, -0.1) is 0 Å². The Labute approximate surface area is 468 Å². The van der Waals surface area contributed by atoms with Gasteiger partial charge in [-0.05, 0) is 103 Å². The molecule has 2 aliphatic heterocycles. The van der Waals surface area contributed by atoms with E-state index in [2.05, 4.69) is 46.9 Å². The summed E-state index contributed by atoms with van der Waals surface area (Å²) in [4.78, 5) is 89.6. The molecule has 4 heterocycles. The third-order valence-electron chi connectivity index (χ3n) is 11.4. The Morgan fingerprint density at radius 3 is 1.44 bits per heavy atom. The lowest BCUT2D eigenvalue weighted by atomic mass is 10.00. The molecular weight excluding hydrogens is 1050 g/mol. The highest BCUT2D eigenvalue weighted by atomic mass is 16.6. The molecule has 8 rings (SSSR count). The summed E-state index contributed by atoms with van der Waals surface area (Å²) in [6.07, 6.45) is 3.13. The molecule has 81 heavy (non-hydrogen) atoms. The van der Waals surface area contributed by atoms with E-state index in [-0.39, 0.29) is 42.4 Å². The number of benzene rings is 4. The van der Waals surface area contributed by atoms with Crippen LogP contribution in [0.2, 0.25) is 0 Å². The molecule has 0 saturated carbocycles. The van der Waals surface area contributed by atoms with Crippen molar-refractivity contribution in [3.05, 3.63) is 107 Å². The van der Waals surface area contributed by atoms with Crippen molar-refractivity contribution in [3.63, 3.8) is 0 Å². The third-order valence-corrected chi connectivity index (χ3v) is 11.4. The number of rotatable bonds is 16. The molecule has 428 valence electrons. The maximum absolute atomic E-state index is 12.9. The van der Waals surface area contributed by atoms with Crippen LogP contribution < -0.4 is 56.6 Å². The predicted molar refractivity (Wildman–Crippen MR) is 303 cm³/mol. The number of alkyl carbamates (subject to hydrolysis) is 2. The zero-order chi connectivity index (χ0) is 59.0. The van der Waals surface area contributed by atoms with Crippen LogP contribution in [-0.2, 0) is 31.9 Å². The van der Waals surface area contributed by atoms with Crippen LogP contribution in [0.5, 0.6) is 23.0 Å². The Bertz CT molecular complexity index is 3290. The summed E-state index contributed by atoms with van der Waals surface area (Å²) < 4.78 is 31.3. The van der Waals surface area contributed by atoms with E-state index in [9.17, 15) is 33.9 Å². The predicted octanol–water partition coefficient (Wildman–Crippen LogP) is 8.45. The van der Waals surface area contributed by atoms with Crippen molar-refractivity contribution in [2.24, 2.45) is 5.73 Å². The number of ketones is 1. The van der Waals surface area contributed by atoms with Crippen LogP contribution in [-0.4, -0.2) is 120 Å². The topological polar surface area (TPSA) is 328 Å². The number of anilines is 6. The van der Waals surface area contributed by atoms with Gasteiger partial charge in [-0.25, -0.2) is 34.3 Å². The number of Topliss-reactive ketones (excluding diaryl/α,β-unsaturated/α-hetero) is 1. The lowest BCUT2D eigenvalue weighted by Crippen LogP contribution is -2.35. The summed E-state index contributed by atoms with van der Waals surface area (Å²) in [5.74, 6) is 1.29. The molecule has 0 atom stereocenters. The lowest BCUT2D eigenvalue weighted by molar-refractivity contribution is -0.116. The monoisotopic (exact) mass is 1110 g/mol. The van der Waals surface area contributed by atoms with E-state index in [0.29, 0.717) is 123 Å². The smallest absolute Gasteiger partial charge is 0.407 e. The minimum absolute atomic E-state index is 0.0789. The minimum atomic E-state index is -1.07. The molecule has 2 aliphatic rings. The number of aromatic carboxylic acids is 1. The molecule has 0 unspecified atom stereocenters. The molecule has 0 spiro atoms. The first-order valence-electron chi connectivity index (χ1n) is 25.5. The van der Waals surface area contributed by atoms with E-state index in [1.165, 1.54) is 12.1 Å². The van der Waals surface area contributed by atoms with Crippen LogP contribution in [0.3, 0.4) is 0 Å². The molecule has 2 aromatic heterocycles.